The number of esters is 1. The fourth-order valence-corrected chi connectivity index (χ4v) is 11.5. The van der Waals surface area contributed by atoms with E-state index in [0.29, 0.717) is 25.9 Å². The van der Waals surface area contributed by atoms with Gasteiger partial charge in [-0.25, -0.2) is 0 Å². The van der Waals surface area contributed by atoms with Crippen molar-refractivity contribution < 1.29 is 24.5 Å². The molecule has 0 rings (SSSR count). The summed E-state index contributed by atoms with van der Waals surface area (Å²) in [5.41, 5.74) is 0. The molecule has 0 aromatic rings. The summed E-state index contributed by atoms with van der Waals surface area (Å²) < 4.78 is 5.46. The van der Waals surface area contributed by atoms with Gasteiger partial charge in [-0.15, -0.1) is 0 Å². The fourth-order valence-electron chi connectivity index (χ4n) is 11.5. The lowest BCUT2D eigenvalue weighted by Crippen LogP contribution is -2.45. The SMILES string of the molecule is CCCC/C=C\CCCCCCCC(=O)OCCCCCCCCCCC/C=C\C/C=C\CCCCCCCCCCCCCCCC(=O)NC(CO)C(O)CCCCCCCCCCCCCCCCCCCCCCCCCC. The minimum Gasteiger partial charge on any atom is -0.466 e. The highest BCUT2D eigenvalue weighted by atomic mass is 16.5. The Kier molecular flexibility index (Phi) is 68.9. The lowest BCUT2D eigenvalue weighted by atomic mass is 10.0. The number of aliphatic hydroxyl groups is 2. The van der Waals surface area contributed by atoms with E-state index in [-0.39, 0.29) is 18.5 Å². The molecule has 0 aromatic carbocycles. The van der Waals surface area contributed by atoms with Crippen molar-refractivity contribution in [2.75, 3.05) is 13.2 Å². The number of hydrogen-bond donors (Lipinski definition) is 3. The maximum Gasteiger partial charge on any atom is 0.305 e. The van der Waals surface area contributed by atoms with Gasteiger partial charge < -0.3 is 20.3 Å². The van der Waals surface area contributed by atoms with E-state index >= 15 is 0 Å². The number of rotatable bonds is 69. The maximum atomic E-state index is 12.6. The van der Waals surface area contributed by atoms with Crippen LogP contribution in [0, 0.1) is 0 Å². The third kappa shape index (κ3) is 67.1. The van der Waals surface area contributed by atoms with Crippen LogP contribution in [0.25, 0.3) is 0 Å². The van der Waals surface area contributed by atoms with E-state index < -0.39 is 12.1 Å². The van der Waals surface area contributed by atoms with E-state index in [9.17, 15) is 19.8 Å². The Labute approximate surface area is 506 Å². The van der Waals surface area contributed by atoms with Crippen molar-refractivity contribution in [2.24, 2.45) is 0 Å². The van der Waals surface area contributed by atoms with Crippen molar-refractivity contribution >= 4 is 11.9 Å². The minimum absolute atomic E-state index is 0.00136. The third-order valence-electron chi connectivity index (χ3n) is 17.2. The number of allylic oxidation sites excluding steroid dienone is 6. The van der Waals surface area contributed by atoms with Gasteiger partial charge in [0.15, 0.2) is 0 Å². The maximum absolute atomic E-state index is 12.6. The van der Waals surface area contributed by atoms with E-state index in [1.165, 1.54) is 321 Å². The number of hydrogen-bond acceptors (Lipinski definition) is 5. The highest BCUT2D eigenvalue weighted by molar-refractivity contribution is 5.76. The summed E-state index contributed by atoms with van der Waals surface area (Å²) in [5.74, 6) is -0.0299. The molecule has 478 valence electrons. The zero-order valence-corrected chi connectivity index (χ0v) is 54.8. The average Bonchev–Trinajstić information content (AvgIpc) is 3.47. The van der Waals surface area contributed by atoms with Crippen molar-refractivity contribution in [3.05, 3.63) is 36.5 Å². The predicted molar refractivity (Wildman–Crippen MR) is 356 cm³/mol. The highest BCUT2D eigenvalue weighted by Crippen LogP contribution is 2.19. The van der Waals surface area contributed by atoms with Gasteiger partial charge in [-0.3, -0.25) is 9.59 Å². The molecule has 3 N–H and O–H groups in total. The molecule has 2 unspecified atom stereocenters. The normalized spacial score (nSPS) is 12.7. The molecule has 6 nitrogen and oxygen atoms in total. The van der Waals surface area contributed by atoms with Crippen LogP contribution in [0.1, 0.15) is 406 Å². The van der Waals surface area contributed by atoms with Crippen LogP contribution in [-0.2, 0) is 14.3 Å². The van der Waals surface area contributed by atoms with Gasteiger partial charge in [0.2, 0.25) is 5.91 Å². The van der Waals surface area contributed by atoms with Crippen LogP contribution >= 0.6 is 0 Å². The van der Waals surface area contributed by atoms with Gasteiger partial charge in [-0.05, 0) is 77.0 Å². The summed E-state index contributed by atoms with van der Waals surface area (Å²) in [7, 11) is 0. The van der Waals surface area contributed by atoms with Gasteiger partial charge in [0, 0.05) is 12.8 Å². The first-order chi connectivity index (χ1) is 40.0. The van der Waals surface area contributed by atoms with E-state index in [0.717, 1.165) is 51.4 Å². The van der Waals surface area contributed by atoms with E-state index in [2.05, 4.69) is 55.6 Å². The molecular weight excluding hydrogens is 995 g/mol. The second-order valence-electron chi connectivity index (χ2n) is 25.3. The number of nitrogens with one attached hydrogen (secondary N) is 1. The summed E-state index contributed by atoms with van der Waals surface area (Å²) in [6.45, 7) is 4.95. The quantitative estimate of drug-likeness (QED) is 0.0320. The van der Waals surface area contributed by atoms with Crippen LogP contribution < -0.4 is 5.32 Å². The van der Waals surface area contributed by atoms with Crippen LogP contribution in [0.4, 0.5) is 0 Å². The van der Waals surface area contributed by atoms with Crippen LogP contribution in [0.2, 0.25) is 0 Å². The lowest BCUT2D eigenvalue weighted by molar-refractivity contribution is -0.143. The van der Waals surface area contributed by atoms with Crippen LogP contribution in [0.3, 0.4) is 0 Å². The van der Waals surface area contributed by atoms with Crippen molar-refractivity contribution in [1.29, 1.82) is 0 Å². The highest BCUT2D eigenvalue weighted by Gasteiger charge is 2.20. The molecule has 0 saturated heterocycles. The Morgan fingerprint density at radius 1 is 0.346 bits per heavy atom. The zero-order valence-electron chi connectivity index (χ0n) is 54.8. The predicted octanol–water partition coefficient (Wildman–Crippen LogP) is 23.9. The van der Waals surface area contributed by atoms with E-state index in [1.54, 1.807) is 0 Å². The first kappa shape index (κ1) is 79.1. The summed E-state index contributed by atoms with van der Waals surface area (Å²) in [6.07, 6.45) is 90.6. The van der Waals surface area contributed by atoms with Gasteiger partial charge in [0.05, 0.1) is 25.4 Å². The first-order valence-corrected chi connectivity index (χ1v) is 36.7. The Morgan fingerprint density at radius 3 is 0.988 bits per heavy atom. The molecule has 0 bridgehead atoms. The monoisotopic (exact) mass is 1140 g/mol. The molecule has 0 spiro atoms. The number of carbonyl (C=O) groups excluding carboxylic acids is 2. The molecule has 0 aliphatic heterocycles. The van der Waals surface area contributed by atoms with Gasteiger partial charge in [-0.2, -0.15) is 0 Å². The molecule has 2 atom stereocenters. The second kappa shape index (κ2) is 70.6. The number of amides is 1. The Morgan fingerprint density at radius 2 is 0.630 bits per heavy atom. The van der Waals surface area contributed by atoms with Crippen molar-refractivity contribution in [1.82, 2.24) is 5.32 Å². The Balaban J connectivity index is 3.41. The number of unbranched alkanes of at least 4 members (excludes halogenated alkanes) is 52. The van der Waals surface area contributed by atoms with Gasteiger partial charge in [0.1, 0.15) is 0 Å². The molecule has 6 heteroatoms. The van der Waals surface area contributed by atoms with Crippen molar-refractivity contribution in [3.63, 3.8) is 0 Å². The molecule has 0 radical (unpaired) electrons. The average molecular weight is 1140 g/mol. The van der Waals surface area contributed by atoms with Crippen molar-refractivity contribution in [2.45, 2.75) is 418 Å². The summed E-state index contributed by atoms with van der Waals surface area (Å²) in [6, 6.07) is -0.544. The largest absolute Gasteiger partial charge is 0.466 e. The smallest absolute Gasteiger partial charge is 0.305 e. The van der Waals surface area contributed by atoms with E-state index in [4.69, 9.17) is 4.74 Å². The molecule has 1 amide bonds. The van der Waals surface area contributed by atoms with Crippen LogP contribution in [0.5, 0.6) is 0 Å². The van der Waals surface area contributed by atoms with Gasteiger partial charge in [0.25, 0.3) is 0 Å². The molecule has 0 saturated carbocycles. The molecule has 0 fully saturated rings. The van der Waals surface area contributed by atoms with Gasteiger partial charge in [-0.1, -0.05) is 352 Å². The molecule has 0 aliphatic carbocycles. The van der Waals surface area contributed by atoms with Crippen molar-refractivity contribution in [3.8, 4) is 0 Å². The molecule has 0 aliphatic rings. The van der Waals surface area contributed by atoms with E-state index in [1.807, 2.05) is 0 Å². The fraction of sp³-hybridized carbons (Fsp3) is 0.893. The lowest BCUT2D eigenvalue weighted by Gasteiger charge is -2.22. The summed E-state index contributed by atoms with van der Waals surface area (Å²) in [4.78, 5) is 24.6. The standard InChI is InChI=1S/C75H143NO5/c1-3-5-7-9-11-13-15-16-17-18-19-20-21-29-32-35-38-41-44-48-51-55-59-63-67-73(78)72(71-77)76-74(79)68-64-60-56-52-49-45-42-39-36-33-30-27-25-23-22-24-26-28-31-34-37-40-43-46-50-54-58-62-66-70-81-75(80)69-65-61-57-53-47-14-12-10-8-6-4-2/h10,12,22,24,28,31,72-73,77-78H,3-9,11,13-21,23,25-27,29-30,32-71H2,1-2H3,(H,76,79)/b12-10-,24-22-,31-28-. The minimum atomic E-state index is -0.667. The molecule has 0 heterocycles. The summed E-state index contributed by atoms with van der Waals surface area (Å²) in [5, 5.41) is 23.5. The summed E-state index contributed by atoms with van der Waals surface area (Å²) >= 11 is 0. The topological polar surface area (TPSA) is 95.9 Å². The van der Waals surface area contributed by atoms with Crippen LogP contribution in [0.15, 0.2) is 36.5 Å². The molecule has 81 heavy (non-hydrogen) atoms. The molecule has 0 aromatic heterocycles. The van der Waals surface area contributed by atoms with Crippen LogP contribution in [-0.4, -0.2) is 47.4 Å². The number of aliphatic hydroxyl groups excluding tert-OH is 2. The first-order valence-electron chi connectivity index (χ1n) is 36.7. The second-order valence-corrected chi connectivity index (χ2v) is 25.3. The molecular formula is C75H143NO5. The Bertz CT molecular complexity index is 1310. The number of ether oxygens (including phenoxy) is 1. The van der Waals surface area contributed by atoms with Gasteiger partial charge >= 0.3 is 5.97 Å². The number of carbonyl (C=O) groups is 2. The third-order valence-corrected chi connectivity index (χ3v) is 17.2. The Hall–Kier alpha value is -1.92. The zero-order chi connectivity index (χ0) is 58.5.